The van der Waals surface area contributed by atoms with Crippen molar-refractivity contribution in [3.05, 3.63) is 42.0 Å². The monoisotopic (exact) mass is 718 g/mol. The van der Waals surface area contributed by atoms with Crippen LogP contribution in [0.4, 0.5) is 16.2 Å². The predicted octanol–water partition coefficient (Wildman–Crippen LogP) is 1.13. The Bertz CT molecular complexity index is 2000. The molecule has 0 saturated carbocycles. The van der Waals surface area contributed by atoms with Crippen molar-refractivity contribution in [1.29, 1.82) is 0 Å². The Hall–Kier alpha value is -2.88. The minimum absolute atomic E-state index is 0.0160. The molecule has 4 aromatic rings. The average Bonchev–Trinajstić information content (AvgIpc) is 3.75. The highest BCUT2D eigenvalue weighted by Gasteiger charge is 2.53. The van der Waals surface area contributed by atoms with Crippen LogP contribution in [0, 0.1) is 5.92 Å². The fraction of sp³-hybridized carbons (Fsp3) is 0.455. The third kappa shape index (κ3) is 5.56. The van der Waals surface area contributed by atoms with Crippen LogP contribution < -0.4 is 17.0 Å². The minimum atomic E-state index is -4.33. The summed E-state index contributed by atoms with van der Waals surface area (Å²) in [5.74, 6) is -0.878. The standard InChI is InChI=1S/C22H25FN10O9P2S2/c1-2-8-14-9(39-20(8)33-7-29-13-18(33)30-22(25)31-19(13)34)3-37-44(36,46)42-15-10(4-38-43(35,45)41-14)40-21(11(15)23)32-6-28-12-16(24)26-5-27-17(12)32/h2,5-11,14-15,20-21H,1,3-4H2,(H,35,45)(H,36,46)(H2,24,26,27)(H3,25,30,31,34)/t8-,9-,10-,11-,14+,15-,20-,21-,43?,44?/m1/s1. The normalized spacial score (nSPS) is 37.0. The molecule has 3 aliphatic rings. The second kappa shape index (κ2) is 11.7. The van der Waals surface area contributed by atoms with E-state index in [0.717, 1.165) is 0 Å². The van der Waals surface area contributed by atoms with Crippen molar-refractivity contribution >= 4 is 71.7 Å². The summed E-state index contributed by atoms with van der Waals surface area (Å²) in [6.45, 7) is -5.64. The molecule has 3 aliphatic heterocycles. The van der Waals surface area contributed by atoms with Gasteiger partial charge in [-0.05, 0) is 11.8 Å². The van der Waals surface area contributed by atoms with Gasteiger partial charge in [0.05, 0.1) is 31.8 Å². The highest BCUT2D eigenvalue weighted by Crippen LogP contribution is 2.59. The molecule has 0 spiro atoms. The number of aromatic nitrogens is 8. The number of nitrogens with two attached hydrogens (primary N) is 2. The summed E-state index contributed by atoms with van der Waals surface area (Å²) in [6.07, 6.45) is -4.25. The number of aromatic amines is 1. The SMILES string of the molecule is C=C[C@@H]1[C@@H]2OP(O)(=S)OC[C@H]3O[C@@H](n4cnc5c(N)ncnc54)[C@H](F)[C@@H]3OP(=O)(S)OC[C@H]2O[C@H]1n1cnc2c(=O)[nH]c(N)nc21. The molecule has 7 rings (SSSR count). The first-order valence-electron chi connectivity index (χ1n) is 13.4. The number of nitrogens with zero attached hydrogens (tertiary/aromatic N) is 7. The predicted molar refractivity (Wildman–Crippen MR) is 163 cm³/mol. The Morgan fingerprint density at radius 2 is 1.72 bits per heavy atom. The number of ether oxygens (including phenoxy) is 2. The number of nitrogen functional groups attached to an aromatic ring is 2. The molecule has 10 atom stereocenters. The van der Waals surface area contributed by atoms with E-state index >= 15 is 4.39 Å². The van der Waals surface area contributed by atoms with Gasteiger partial charge in [0.1, 0.15) is 42.5 Å². The fourth-order valence-electron chi connectivity index (χ4n) is 5.60. The minimum Gasteiger partial charge on any atom is -0.382 e. The first-order valence-corrected chi connectivity index (χ1v) is 18.7. The van der Waals surface area contributed by atoms with Gasteiger partial charge in [0, 0.05) is 0 Å². The van der Waals surface area contributed by atoms with Crippen molar-refractivity contribution in [3.63, 3.8) is 0 Å². The van der Waals surface area contributed by atoms with E-state index in [0.29, 0.717) is 0 Å². The van der Waals surface area contributed by atoms with Gasteiger partial charge in [-0.3, -0.25) is 28.0 Å². The van der Waals surface area contributed by atoms with E-state index in [4.69, 9.17) is 50.8 Å². The third-order valence-corrected chi connectivity index (χ3v) is 10.8. The van der Waals surface area contributed by atoms with E-state index in [1.807, 2.05) is 0 Å². The summed E-state index contributed by atoms with van der Waals surface area (Å²) in [5, 5.41) is 0. The van der Waals surface area contributed by atoms with Crippen molar-refractivity contribution in [2.45, 2.75) is 43.0 Å². The number of thiol groups is 1. The number of H-pyrrole nitrogens is 1. The lowest BCUT2D eigenvalue weighted by Gasteiger charge is -2.30. The van der Waals surface area contributed by atoms with Gasteiger partial charge < -0.3 is 34.9 Å². The van der Waals surface area contributed by atoms with Crippen LogP contribution >= 0.6 is 25.8 Å². The molecule has 0 amide bonds. The number of hydrogen-bond acceptors (Lipinski definition) is 16. The molecule has 0 aliphatic carbocycles. The highest BCUT2D eigenvalue weighted by molar-refractivity contribution is 8.44. The topological polar surface area (TPSA) is 252 Å². The molecule has 3 saturated heterocycles. The molecule has 3 fully saturated rings. The van der Waals surface area contributed by atoms with Gasteiger partial charge in [0.25, 0.3) is 5.56 Å². The maximum atomic E-state index is 16.1. The van der Waals surface area contributed by atoms with Crippen LogP contribution in [0.1, 0.15) is 12.5 Å². The molecular formula is C22H25FN10O9P2S2. The second-order valence-electron chi connectivity index (χ2n) is 10.4. The molecule has 24 heteroatoms. The molecule has 2 unspecified atom stereocenters. The van der Waals surface area contributed by atoms with Crippen LogP contribution in [-0.4, -0.2) is 87.7 Å². The highest BCUT2D eigenvalue weighted by atomic mass is 32.7. The zero-order valence-electron chi connectivity index (χ0n) is 23.2. The Labute approximate surface area is 267 Å². The summed E-state index contributed by atoms with van der Waals surface area (Å²) in [7, 11) is 0. The number of rotatable bonds is 3. The molecule has 46 heavy (non-hydrogen) atoms. The lowest BCUT2D eigenvalue weighted by atomic mass is 10.00. The number of nitrogens with one attached hydrogen (secondary N) is 1. The molecule has 0 aromatic carbocycles. The number of alkyl halides is 1. The lowest BCUT2D eigenvalue weighted by Crippen LogP contribution is -2.36. The lowest BCUT2D eigenvalue weighted by molar-refractivity contribution is -0.0562. The van der Waals surface area contributed by atoms with Crippen molar-refractivity contribution in [2.24, 2.45) is 5.92 Å². The zero-order chi connectivity index (χ0) is 32.5. The number of halogens is 1. The number of imidazole rings is 2. The number of anilines is 2. The molecule has 0 bridgehead atoms. The van der Waals surface area contributed by atoms with Crippen LogP contribution in [0.25, 0.3) is 22.3 Å². The van der Waals surface area contributed by atoms with E-state index in [1.165, 1.54) is 34.2 Å². The molecule has 19 nitrogen and oxygen atoms in total. The van der Waals surface area contributed by atoms with Crippen molar-refractivity contribution < 1.29 is 41.4 Å². The largest absolute Gasteiger partial charge is 0.386 e. The van der Waals surface area contributed by atoms with Gasteiger partial charge in [-0.25, -0.2) is 28.9 Å². The summed E-state index contributed by atoms with van der Waals surface area (Å²) < 4.78 is 67.0. The van der Waals surface area contributed by atoms with Crippen molar-refractivity contribution in [1.82, 2.24) is 39.0 Å². The number of fused-ring (bicyclic) bond motifs is 4. The first kappa shape index (κ1) is 31.7. The Morgan fingerprint density at radius 1 is 1.04 bits per heavy atom. The smallest absolute Gasteiger partial charge is 0.382 e. The Morgan fingerprint density at radius 3 is 2.48 bits per heavy atom. The van der Waals surface area contributed by atoms with Gasteiger partial charge in [-0.15, -0.1) is 6.58 Å². The molecule has 0 radical (unpaired) electrons. The molecule has 4 aromatic heterocycles. The molecule has 6 N–H and O–H groups in total. The summed E-state index contributed by atoms with van der Waals surface area (Å²) >= 11 is 9.39. The van der Waals surface area contributed by atoms with Crippen molar-refractivity contribution in [3.8, 4) is 0 Å². The Balaban J connectivity index is 1.19. The van der Waals surface area contributed by atoms with Crippen LogP contribution in [0.15, 0.2) is 36.4 Å². The van der Waals surface area contributed by atoms with Crippen LogP contribution in [0.3, 0.4) is 0 Å². The van der Waals surface area contributed by atoms with Gasteiger partial charge >= 0.3 is 13.5 Å². The Kier molecular flexibility index (Phi) is 8.04. The van der Waals surface area contributed by atoms with Crippen LogP contribution in [0.5, 0.6) is 0 Å². The van der Waals surface area contributed by atoms with Gasteiger partial charge in [0.2, 0.25) is 5.95 Å². The summed E-state index contributed by atoms with van der Waals surface area (Å²) in [6, 6.07) is 0. The summed E-state index contributed by atoms with van der Waals surface area (Å²) in [5.41, 5.74) is 11.5. The second-order valence-corrected chi connectivity index (χ2v) is 16.1. The van der Waals surface area contributed by atoms with Crippen molar-refractivity contribution in [2.75, 3.05) is 24.7 Å². The quantitative estimate of drug-likeness (QED) is 0.113. The number of hydrogen-bond donors (Lipinski definition) is 5. The van der Waals surface area contributed by atoms with E-state index < -0.39 is 81.3 Å². The van der Waals surface area contributed by atoms with E-state index in [1.54, 1.807) is 0 Å². The van der Waals surface area contributed by atoms with E-state index in [9.17, 15) is 14.3 Å². The van der Waals surface area contributed by atoms with Crippen LogP contribution in [0.2, 0.25) is 0 Å². The molecular weight excluding hydrogens is 693 g/mol. The molecule has 246 valence electrons. The molecule has 7 heterocycles. The maximum Gasteiger partial charge on any atom is 0.386 e. The zero-order valence-corrected chi connectivity index (χ0v) is 26.7. The van der Waals surface area contributed by atoms with Gasteiger partial charge in [0.15, 0.2) is 35.0 Å². The summed E-state index contributed by atoms with van der Waals surface area (Å²) in [4.78, 5) is 46.2. The van der Waals surface area contributed by atoms with Gasteiger partial charge in [-0.1, -0.05) is 18.3 Å². The van der Waals surface area contributed by atoms with E-state index in [-0.39, 0.29) is 34.1 Å². The van der Waals surface area contributed by atoms with Crippen LogP contribution in [-0.2, 0) is 43.9 Å². The van der Waals surface area contributed by atoms with Gasteiger partial charge in [-0.2, -0.15) is 4.98 Å². The maximum absolute atomic E-state index is 16.1. The average molecular weight is 719 g/mol. The first-order chi connectivity index (χ1) is 21.9. The van der Waals surface area contributed by atoms with E-state index in [2.05, 4.69) is 48.7 Å². The third-order valence-electron chi connectivity index (χ3n) is 7.63. The fourth-order valence-corrected chi connectivity index (χ4v) is 8.54.